The molecule has 1 unspecified atom stereocenters. The molecular formula is C14H18ClNO2S. The largest absolute Gasteiger partial charge is 0.394 e. The number of aliphatic hydroxyl groups is 1. The Bertz CT molecular complexity index is 447. The average molecular weight is 300 g/mol. The summed E-state index contributed by atoms with van der Waals surface area (Å²) in [6.45, 7) is 1.91. The van der Waals surface area contributed by atoms with Gasteiger partial charge in [0.2, 0.25) is 5.91 Å². The molecule has 1 fully saturated rings. The van der Waals surface area contributed by atoms with E-state index in [-0.39, 0.29) is 12.5 Å². The summed E-state index contributed by atoms with van der Waals surface area (Å²) in [5.74, 6) is 0.731. The van der Waals surface area contributed by atoms with Gasteiger partial charge in [0.15, 0.2) is 0 Å². The van der Waals surface area contributed by atoms with E-state index in [4.69, 9.17) is 11.6 Å². The summed E-state index contributed by atoms with van der Waals surface area (Å²) in [5.41, 5.74) is -0.461. The fourth-order valence-electron chi connectivity index (χ4n) is 2.03. The van der Waals surface area contributed by atoms with Gasteiger partial charge in [0.25, 0.3) is 0 Å². The van der Waals surface area contributed by atoms with E-state index < -0.39 is 5.54 Å². The second-order valence-corrected chi connectivity index (χ2v) is 6.63. The zero-order valence-corrected chi connectivity index (χ0v) is 12.4. The van der Waals surface area contributed by atoms with Gasteiger partial charge >= 0.3 is 0 Å². The first kappa shape index (κ1) is 14.7. The summed E-state index contributed by atoms with van der Waals surface area (Å²) < 4.78 is 0. The molecule has 5 heteroatoms. The molecule has 19 heavy (non-hydrogen) atoms. The first-order valence-electron chi connectivity index (χ1n) is 6.34. The van der Waals surface area contributed by atoms with Crippen LogP contribution in [0.2, 0.25) is 5.02 Å². The smallest absolute Gasteiger partial charge is 0.230 e. The van der Waals surface area contributed by atoms with E-state index in [1.165, 1.54) is 11.8 Å². The number of amides is 1. The van der Waals surface area contributed by atoms with Crippen LogP contribution in [0, 0.1) is 5.92 Å². The van der Waals surface area contributed by atoms with Crippen LogP contribution in [0.3, 0.4) is 0 Å². The molecule has 0 heterocycles. The van der Waals surface area contributed by atoms with Crippen LogP contribution >= 0.6 is 23.4 Å². The summed E-state index contributed by atoms with van der Waals surface area (Å²) >= 11 is 7.27. The number of carbonyl (C=O) groups excluding carboxylic acids is 1. The second-order valence-electron chi connectivity index (χ2n) is 5.14. The van der Waals surface area contributed by atoms with Gasteiger partial charge < -0.3 is 10.4 Å². The Balaban J connectivity index is 1.82. The van der Waals surface area contributed by atoms with Gasteiger partial charge in [-0.25, -0.2) is 0 Å². The van der Waals surface area contributed by atoms with E-state index in [0.29, 0.717) is 16.7 Å². The lowest BCUT2D eigenvalue weighted by molar-refractivity contribution is -0.121. The number of halogens is 1. The lowest BCUT2D eigenvalue weighted by Gasteiger charge is -2.28. The van der Waals surface area contributed by atoms with Crippen molar-refractivity contribution in [3.05, 3.63) is 29.3 Å². The van der Waals surface area contributed by atoms with Gasteiger partial charge in [-0.3, -0.25) is 4.79 Å². The van der Waals surface area contributed by atoms with Crippen molar-refractivity contribution in [2.24, 2.45) is 5.92 Å². The van der Waals surface area contributed by atoms with E-state index >= 15 is 0 Å². The average Bonchev–Trinajstić information content (AvgIpc) is 3.22. The molecule has 1 aromatic carbocycles. The van der Waals surface area contributed by atoms with Gasteiger partial charge in [-0.05, 0) is 49.9 Å². The zero-order chi connectivity index (χ0) is 13.9. The lowest BCUT2D eigenvalue weighted by Crippen LogP contribution is -2.51. The summed E-state index contributed by atoms with van der Waals surface area (Å²) in [6.07, 6.45) is 2.17. The summed E-state index contributed by atoms with van der Waals surface area (Å²) in [4.78, 5) is 12.9. The van der Waals surface area contributed by atoms with Crippen molar-refractivity contribution < 1.29 is 9.90 Å². The molecule has 0 saturated heterocycles. The van der Waals surface area contributed by atoms with Crippen LogP contribution in [-0.2, 0) is 4.79 Å². The lowest BCUT2D eigenvalue weighted by atomic mass is 9.97. The first-order valence-corrected chi connectivity index (χ1v) is 7.70. The molecule has 1 atom stereocenters. The number of hydrogen-bond acceptors (Lipinski definition) is 3. The molecule has 1 aromatic rings. The molecule has 1 amide bonds. The Morgan fingerprint density at radius 2 is 2.11 bits per heavy atom. The predicted molar refractivity (Wildman–Crippen MR) is 78.5 cm³/mol. The highest BCUT2D eigenvalue weighted by molar-refractivity contribution is 8.00. The molecule has 0 radical (unpaired) electrons. The predicted octanol–water partition coefficient (Wildman–Crippen LogP) is 2.71. The van der Waals surface area contributed by atoms with Gasteiger partial charge in [-0.15, -0.1) is 11.8 Å². The molecule has 1 aliphatic rings. The summed E-state index contributed by atoms with van der Waals surface area (Å²) in [5, 5.41) is 13.1. The molecule has 2 N–H and O–H groups in total. The topological polar surface area (TPSA) is 49.3 Å². The number of aliphatic hydroxyl groups excluding tert-OH is 1. The minimum absolute atomic E-state index is 0.00494. The zero-order valence-electron chi connectivity index (χ0n) is 10.9. The molecule has 104 valence electrons. The third-order valence-electron chi connectivity index (χ3n) is 3.42. The highest BCUT2D eigenvalue weighted by Crippen LogP contribution is 2.39. The Morgan fingerprint density at radius 1 is 1.47 bits per heavy atom. The van der Waals surface area contributed by atoms with Crippen LogP contribution in [0.5, 0.6) is 0 Å². The van der Waals surface area contributed by atoms with Crippen molar-refractivity contribution in [3.63, 3.8) is 0 Å². The van der Waals surface area contributed by atoms with Gasteiger partial charge in [-0.1, -0.05) is 11.6 Å². The van der Waals surface area contributed by atoms with Crippen LogP contribution < -0.4 is 5.32 Å². The molecule has 0 bridgehead atoms. The molecule has 3 nitrogen and oxygen atoms in total. The van der Waals surface area contributed by atoms with Crippen LogP contribution in [0.15, 0.2) is 29.2 Å². The number of thioether (sulfide) groups is 1. The van der Waals surface area contributed by atoms with Crippen molar-refractivity contribution in [1.82, 2.24) is 5.32 Å². The highest BCUT2D eigenvalue weighted by atomic mass is 35.5. The number of hydrogen-bond donors (Lipinski definition) is 2. The summed E-state index contributed by atoms with van der Waals surface area (Å²) in [7, 11) is 0. The summed E-state index contributed by atoms with van der Waals surface area (Å²) in [6, 6.07) is 7.41. The van der Waals surface area contributed by atoms with Crippen molar-refractivity contribution in [2.75, 3.05) is 12.4 Å². The minimum atomic E-state index is -0.461. The first-order chi connectivity index (χ1) is 9.03. The van der Waals surface area contributed by atoms with Crippen molar-refractivity contribution in [3.8, 4) is 0 Å². The van der Waals surface area contributed by atoms with Crippen molar-refractivity contribution >= 4 is 29.3 Å². The maximum absolute atomic E-state index is 11.9. The van der Waals surface area contributed by atoms with Crippen LogP contribution in [-0.4, -0.2) is 28.9 Å². The Hall–Kier alpha value is -0.710. The van der Waals surface area contributed by atoms with Gasteiger partial charge in [0.05, 0.1) is 17.9 Å². The van der Waals surface area contributed by atoms with Crippen LogP contribution in [0.25, 0.3) is 0 Å². The fourth-order valence-corrected chi connectivity index (χ4v) is 2.85. The Morgan fingerprint density at radius 3 is 2.63 bits per heavy atom. The van der Waals surface area contributed by atoms with E-state index in [9.17, 15) is 9.90 Å². The van der Waals surface area contributed by atoms with Gasteiger partial charge in [0.1, 0.15) is 0 Å². The van der Waals surface area contributed by atoms with E-state index in [1.54, 1.807) is 0 Å². The fraction of sp³-hybridized carbons (Fsp3) is 0.500. The van der Waals surface area contributed by atoms with Crippen molar-refractivity contribution in [2.45, 2.75) is 30.2 Å². The highest BCUT2D eigenvalue weighted by Gasteiger charge is 2.41. The Labute approximate surface area is 122 Å². The number of nitrogens with one attached hydrogen (secondary N) is 1. The molecule has 1 aliphatic carbocycles. The molecule has 0 aromatic heterocycles. The Kier molecular flexibility index (Phi) is 4.76. The number of benzene rings is 1. The maximum atomic E-state index is 11.9. The van der Waals surface area contributed by atoms with Crippen LogP contribution in [0.4, 0.5) is 0 Å². The minimum Gasteiger partial charge on any atom is -0.394 e. The molecular weight excluding hydrogens is 282 g/mol. The molecule has 0 aliphatic heterocycles. The third kappa shape index (κ3) is 4.13. The van der Waals surface area contributed by atoms with E-state index in [0.717, 1.165) is 17.7 Å². The van der Waals surface area contributed by atoms with E-state index in [1.807, 2.05) is 31.2 Å². The molecule has 2 rings (SSSR count). The van der Waals surface area contributed by atoms with E-state index in [2.05, 4.69) is 5.32 Å². The van der Waals surface area contributed by atoms with Gasteiger partial charge in [-0.2, -0.15) is 0 Å². The normalized spacial score (nSPS) is 17.8. The monoisotopic (exact) mass is 299 g/mol. The number of rotatable bonds is 6. The quantitative estimate of drug-likeness (QED) is 0.794. The second kappa shape index (κ2) is 6.16. The van der Waals surface area contributed by atoms with Gasteiger partial charge in [0, 0.05) is 9.92 Å². The number of carbonyl (C=O) groups is 1. The third-order valence-corrected chi connectivity index (χ3v) is 4.68. The SMILES string of the molecule is CC(CO)(NC(=O)CSc1ccc(Cl)cc1)C1CC1. The van der Waals surface area contributed by atoms with Crippen molar-refractivity contribution in [1.29, 1.82) is 0 Å². The molecule has 0 spiro atoms. The standard InChI is InChI=1S/C14H18ClNO2S/c1-14(9-17,10-2-3-10)16-13(18)8-19-12-6-4-11(15)5-7-12/h4-7,10,17H,2-3,8-9H2,1H3,(H,16,18). The van der Waals surface area contributed by atoms with Crippen LogP contribution in [0.1, 0.15) is 19.8 Å². The maximum Gasteiger partial charge on any atom is 0.230 e. The molecule has 1 saturated carbocycles.